The van der Waals surface area contributed by atoms with Gasteiger partial charge in [0, 0.05) is 5.69 Å². The predicted octanol–water partition coefficient (Wildman–Crippen LogP) is 3.25. The van der Waals surface area contributed by atoms with Gasteiger partial charge in [-0.15, -0.1) is 0 Å². The summed E-state index contributed by atoms with van der Waals surface area (Å²) in [7, 11) is 3.07. The molecule has 1 amide bonds. The van der Waals surface area contributed by atoms with Gasteiger partial charge in [0.2, 0.25) is 0 Å². The molecule has 23 heavy (non-hydrogen) atoms. The van der Waals surface area contributed by atoms with Crippen molar-refractivity contribution in [3.8, 4) is 17.6 Å². The maximum absolute atomic E-state index is 12.2. The van der Waals surface area contributed by atoms with E-state index in [0.717, 1.165) is 0 Å². The first kappa shape index (κ1) is 16.1. The van der Waals surface area contributed by atoms with Crippen molar-refractivity contribution in [1.82, 2.24) is 0 Å². The number of methoxy groups -OCH3 is 2. The lowest BCUT2D eigenvalue weighted by Crippen LogP contribution is -2.13. The lowest BCUT2D eigenvalue weighted by Gasteiger charge is -2.08. The summed E-state index contributed by atoms with van der Waals surface area (Å²) in [5.74, 6) is 0.646. The normalized spacial score (nSPS) is 10.6. The van der Waals surface area contributed by atoms with Gasteiger partial charge in [-0.25, -0.2) is 0 Å². The van der Waals surface area contributed by atoms with Crippen molar-refractivity contribution in [1.29, 1.82) is 5.26 Å². The van der Waals surface area contributed by atoms with E-state index in [9.17, 15) is 10.1 Å². The fraction of sp³-hybridized carbons (Fsp3) is 0.111. The third kappa shape index (κ3) is 4.11. The van der Waals surface area contributed by atoms with Gasteiger partial charge >= 0.3 is 0 Å². The molecule has 0 saturated carbocycles. The van der Waals surface area contributed by atoms with E-state index in [0.29, 0.717) is 22.7 Å². The molecule has 0 atom stereocenters. The van der Waals surface area contributed by atoms with Gasteiger partial charge in [0.05, 0.1) is 14.2 Å². The molecule has 0 aliphatic carbocycles. The molecule has 0 radical (unpaired) electrons. The molecule has 2 aromatic carbocycles. The van der Waals surface area contributed by atoms with E-state index in [-0.39, 0.29) is 5.57 Å². The van der Waals surface area contributed by atoms with Gasteiger partial charge in [0.25, 0.3) is 5.91 Å². The van der Waals surface area contributed by atoms with Gasteiger partial charge < -0.3 is 14.8 Å². The van der Waals surface area contributed by atoms with Gasteiger partial charge in [0.1, 0.15) is 11.6 Å². The number of nitriles is 1. The second-order valence-corrected chi connectivity index (χ2v) is 4.60. The monoisotopic (exact) mass is 308 g/mol. The summed E-state index contributed by atoms with van der Waals surface area (Å²) >= 11 is 0. The molecule has 0 heterocycles. The summed E-state index contributed by atoms with van der Waals surface area (Å²) in [5, 5.41) is 11.9. The summed E-state index contributed by atoms with van der Waals surface area (Å²) in [6.07, 6.45) is 1.50. The molecule has 2 rings (SSSR count). The van der Waals surface area contributed by atoms with Crippen LogP contribution in [-0.4, -0.2) is 20.1 Å². The number of nitrogens with one attached hydrogen (secondary N) is 1. The number of carbonyl (C=O) groups is 1. The number of anilines is 1. The van der Waals surface area contributed by atoms with Crippen LogP contribution in [0.1, 0.15) is 5.56 Å². The molecule has 0 spiro atoms. The maximum Gasteiger partial charge on any atom is 0.266 e. The first-order valence-electron chi connectivity index (χ1n) is 6.88. The topological polar surface area (TPSA) is 71.3 Å². The molecule has 1 N–H and O–H groups in total. The SMILES string of the molecule is COc1ccc(/C=C(\C#N)C(=O)Nc2ccccc2)cc1OC. The zero-order chi connectivity index (χ0) is 16.7. The number of para-hydroxylation sites is 1. The standard InChI is InChI=1S/C18H16N2O3/c1-22-16-9-8-13(11-17(16)23-2)10-14(12-19)18(21)20-15-6-4-3-5-7-15/h3-11H,1-2H3,(H,20,21)/b14-10+. The number of amides is 1. The minimum absolute atomic E-state index is 0.000993. The van der Waals surface area contributed by atoms with Crippen molar-refractivity contribution in [2.75, 3.05) is 19.5 Å². The molecule has 0 bridgehead atoms. The van der Waals surface area contributed by atoms with Gasteiger partial charge in [-0.1, -0.05) is 24.3 Å². The average molecular weight is 308 g/mol. The van der Waals surface area contributed by atoms with E-state index in [1.165, 1.54) is 13.2 Å². The van der Waals surface area contributed by atoms with E-state index in [2.05, 4.69) is 5.32 Å². The summed E-state index contributed by atoms with van der Waals surface area (Å²) in [4.78, 5) is 12.2. The molecule has 5 heteroatoms. The number of carbonyl (C=O) groups excluding carboxylic acids is 1. The molecular formula is C18H16N2O3. The van der Waals surface area contributed by atoms with E-state index < -0.39 is 5.91 Å². The van der Waals surface area contributed by atoms with Crippen molar-refractivity contribution >= 4 is 17.7 Å². The molecular weight excluding hydrogens is 292 g/mol. The Morgan fingerprint density at radius 1 is 1.09 bits per heavy atom. The Kier molecular flexibility index (Phi) is 5.37. The summed E-state index contributed by atoms with van der Waals surface area (Å²) in [5.41, 5.74) is 1.30. The summed E-state index contributed by atoms with van der Waals surface area (Å²) < 4.78 is 10.4. The Morgan fingerprint density at radius 2 is 1.78 bits per heavy atom. The maximum atomic E-state index is 12.2. The van der Waals surface area contributed by atoms with Crippen LogP contribution in [0.5, 0.6) is 11.5 Å². The predicted molar refractivity (Wildman–Crippen MR) is 88.2 cm³/mol. The minimum atomic E-state index is -0.464. The number of ether oxygens (including phenoxy) is 2. The minimum Gasteiger partial charge on any atom is -0.493 e. The van der Waals surface area contributed by atoms with Crippen LogP contribution in [-0.2, 0) is 4.79 Å². The van der Waals surface area contributed by atoms with Crippen molar-refractivity contribution in [3.63, 3.8) is 0 Å². The lowest BCUT2D eigenvalue weighted by molar-refractivity contribution is -0.112. The number of hydrogen-bond acceptors (Lipinski definition) is 4. The van der Waals surface area contributed by atoms with Crippen LogP contribution >= 0.6 is 0 Å². The molecule has 0 unspecified atom stereocenters. The van der Waals surface area contributed by atoms with Crippen LogP contribution < -0.4 is 14.8 Å². The first-order valence-corrected chi connectivity index (χ1v) is 6.88. The van der Waals surface area contributed by atoms with Crippen LogP contribution in [0, 0.1) is 11.3 Å². The van der Waals surface area contributed by atoms with Crippen LogP contribution in [0.2, 0.25) is 0 Å². The molecule has 0 aliphatic rings. The smallest absolute Gasteiger partial charge is 0.266 e. The fourth-order valence-corrected chi connectivity index (χ4v) is 1.98. The van der Waals surface area contributed by atoms with Crippen molar-refractivity contribution in [2.45, 2.75) is 0 Å². The number of rotatable bonds is 5. The van der Waals surface area contributed by atoms with E-state index >= 15 is 0 Å². The van der Waals surface area contributed by atoms with Gasteiger partial charge in [-0.05, 0) is 35.9 Å². The molecule has 0 aromatic heterocycles. The fourth-order valence-electron chi connectivity index (χ4n) is 1.98. The largest absolute Gasteiger partial charge is 0.493 e. The first-order chi connectivity index (χ1) is 11.2. The highest BCUT2D eigenvalue weighted by Crippen LogP contribution is 2.28. The second kappa shape index (κ2) is 7.66. The quantitative estimate of drug-likeness (QED) is 0.680. The zero-order valence-electron chi connectivity index (χ0n) is 12.9. The van der Waals surface area contributed by atoms with Crippen molar-refractivity contribution in [3.05, 3.63) is 59.7 Å². The molecule has 5 nitrogen and oxygen atoms in total. The summed E-state index contributed by atoms with van der Waals surface area (Å²) in [6.45, 7) is 0. The molecule has 0 aliphatic heterocycles. The Bertz CT molecular complexity index is 762. The zero-order valence-corrected chi connectivity index (χ0v) is 12.9. The van der Waals surface area contributed by atoms with E-state index in [4.69, 9.17) is 9.47 Å². The van der Waals surface area contributed by atoms with Gasteiger partial charge in [-0.2, -0.15) is 5.26 Å². The highest BCUT2D eigenvalue weighted by molar-refractivity contribution is 6.09. The highest BCUT2D eigenvalue weighted by Gasteiger charge is 2.10. The van der Waals surface area contributed by atoms with Crippen molar-refractivity contribution in [2.24, 2.45) is 0 Å². The third-order valence-corrected chi connectivity index (χ3v) is 3.12. The van der Waals surface area contributed by atoms with E-state index in [1.807, 2.05) is 12.1 Å². The highest BCUT2D eigenvalue weighted by atomic mass is 16.5. The Hall–Kier alpha value is -3.26. The Labute approximate surface area is 134 Å². The van der Waals surface area contributed by atoms with Crippen molar-refractivity contribution < 1.29 is 14.3 Å². The average Bonchev–Trinajstić information content (AvgIpc) is 2.60. The Balaban J connectivity index is 2.25. The van der Waals surface area contributed by atoms with Gasteiger partial charge in [-0.3, -0.25) is 4.79 Å². The van der Waals surface area contributed by atoms with Crippen LogP contribution in [0.3, 0.4) is 0 Å². The van der Waals surface area contributed by atoms with Crippen LogP contribution in [0.15, 0.2) is 54.1 Å². The molecule has 0 fully saturated rings. The summed E-state index contributed by atoms with van der Waals surface area (Å²) in [6, 6.07) is 16.0. The Morgan fingerprint density at radius 3 is 2.39 bits per heavy atom. The number of nitrogens with zero attached hydrogens (tertiary/aromatic N) is 1. The number of hydrogen-bond donors (Lipinski definition) is 1. The van der Waals surface area contributed by atoms with Crippen LogP contribution in [0.4, 0.5) is 5.69 Å². The lowest BCUT2D eigenvalue weighted by atomic mass is 10.1. The number of benzene rings is 2. The third-order valence-electron chi connectivity index (χ3n) is 3.12. The molecule has 0 saturated heterocycles. The molecule has 2 aromatic rings. The molecule has 116 valence electrons. The van der Waals surface area contributed by atoms with E-state index in [1.54, 1.807) is 49.6 Å². The van der Waals surface area contributed by atoms with Gasteiger partial charge in [0.15, 0.2) is 11.5 Å². The second-order valence-electron chi connectivity index (χ2n) is 4.60. The van der Waals surface area contributed by atoms with Crippen LogP contribution in [0.25, 0.3) is 6.08 Å².